The Kier molecular flexibility index (Phi) is 3.60. The van der Waals surface area contributed by atoms with Crippen LogP contribution in [-0.2, 0) is 0 Å². The van der Waals surface area contributed by atoms with E-state index in [0.29, 0.717) is 5.82 Å². The predicted molar refractivity (Wildman–Crippen MR) is 64.7 cm³/mol. The van der Waals surface area contributed by atoms with Gasteiger partial charge in [-0.1, -0.05) is 13.8 Å². The lowest BCUT2D eigenvalue weighted by Gasteiger charge is -2.13. The Morgan fingerprint density at radius 2 is 2.33 bits per heavy atom. The summed E-state index contributed by atoms with van der Waals surface area (Å²) in [6.45, 7) is 3.95. The van der Waals surface area contributed by atoms with Crippen LogP contribution >= 0.6 is 0 Å². The second-order valence-corrected chi connectivity index (χ2v) is 4.95. The van der Waals surface area contributed by atoms with Gasteiger partial charge in [-0.15, -0.1) is 5.10 Å². The largest absolute Gasteiger partial charge is 0.345 e. The van der Waals surface area contributed by atoms with Gasteiger partial charge < -0.3 is 5.32 Å². The number of carbonyl (C=O) groups excluding carboxylic acids is 1. The van der Waals surface area contributed by atoms with Crippen molar-refractivity contribution >= 4 is 5.91 Å². The molecule has 0 radical (unpaired) electrons. The van der Waals surface area contributed by atoms with Gasteiger partial charge in [0.2, 0.25) is 5.82 Å². The number of amides is 1. The van der Waals surface area contributed by atoms with Gasteiger partial charge in [0.25, 0.3) is 5.91 Å². The quantitative estimate of drug-likeness (QED) is 0.842. The highest BCUT2D eigenvalue weighted by molar-refractivity contribution is 5.90. The van der Waals surface area contributed by atoms with E-state index in [9.17, 15) is 4.79 Å². The normalized spacial score (nSPS) is 23.0. The van der Waals surface area contributed by atoms with Crippen LogP contribution in [0.2, 0.25) is 0 Å². The molecule has 0 saturated heterocycles. The van der Waals surface area contributed by atoms with Crippen LogP contribution in [0.1, 0.15) is 55.5 Å². The van der Waals surface area contributed by atoms with Crippen molar-refractivity contribution in [3.8, 4) is 6.07 Å². The van der Waals surface area contributed by atoms with Gasteiger partial charge in [0, 0.05) is 12.0 Å². The van der Waals surface area contributed by atoms with Crippen molar-refractivity contribution in [3.05, 3.63) is 11.6 Å². The number of aromatic amines is 1. The molecule has 6 heteroatoms. The van der Waals surface area contributed by atoms with Crippen molar-refractivity contribution in [2.75, 3.05) is 0 Å². The highest BCUT2D eigenvalue weighted by Crippen LogP contribution is 2.24. The molecule has 0 bridgehead atoms. The molecule has 1 fully saturated rings. The zero-order chi connectivity index (χ0) is 13.1. The molecule has 1 amide bonds. The maximum Gasteiger partial charge on any atom is 0.291 e. The molecular weight excluding hydrogens is 230 g/mol. The first-order valence-corrected chi connectivity index (χ1v) is 6.24. The van der Waals surface area contributed by atoms with Crippen LogP contribution in [0.25, 0.3) is 0 Å². The standard InChI is InChI=1S/C12H17N5O/c1-7(2)10-15-11(17-16-10)12(18)14-9-5-3-4-8(9)6-13/h7-9H,3-5H2,1-2H3,(H,14,18)(H,15,16,17). The second kappa shape index (κ2) is 5.17. The van der Waals surface area contributed by atoms with Crippen LogP contribution in [0.15, 0.2) is 0 Å². The highest BCUT2D eigenvalue weighted by Gasteiger charge is 2.29. The minimum absolute atomic E-state index is 0.0662. The summed E-state index contributed by atoms with van der Waals surface area (Å²) in [5.41, 5.74) is 0. The third kappa shape index (κ3) is 2.50. The van der Waals surface area contributed by atoms with E-state index in [1.807, 2.05) is 13.8 Å². The molecule has 1 aromatic rings. The lowest BCUT2D eigenvalue weighted by Crippen LogP contribution is -2.37. The first-order valence-electron chi connectivity index (χ1n) is 6.24. The molecule has 0 aliphatic heterocycles. The molecule has 2 atom stereocenters. The summed E-state index contributed by atoms with van der Waals surface area (Å²) >= 11 is 0. The Bertz CT molecular complexity index is 473. The maximum absolute atomic E-state index is 11.9. The van der Waals surface area contributed by atoms with Crippen LogP contribution < -0.4 is 5.32 Å². The summed E-state index contributed by atoms with van der Waals surface area (Å²) in [6, 6.07) is 2.16. The van der Waals surface area contributed by atoms with Gasteiger partial charge in [0.15, 0.2) is 0 Å². The molecule has 2 N–H and O–H groups in total. The Balaban J connectivity index is 2.01. The third-order valence-corrected chi connectivity index (χ3v) is 3.25. The minimum atomic E-state index is -0.301. The zero-order valence-corrected chi connectivity index (χ0v) is 10.6. The number of H-pyrrole nitrogens is 1. The van der Waals surface area contributed by atoms with Crippen molar-refractivity contribution in [3.63, 3.8) is 0 Å². The third-order valence-electron chi connectivity index (χ3n) is 3.25. The smallest absolute Gasteiger partial charge is 0.291 e. The zero-order valence-electron chi connectivity index (χ0n) is 10.6. The monoisotopic (exact) mass is 247 g/mol. The number of nitrogens with zero attached hydrogens (tertiary/aromatic N) is 3. The molecule has 0 spiro atoms. The van der Waals surface area contributed by atoms with E-state index in [1.54, 1.807) is 0 Å². The summed E-state index contributed by atoms with van der Waals surface area (Å²) in [5.74, 6) is 0.672. The molecule has 2 rings (SSSR count). The van der Waals surface area contributed by atoms with Gasteiger partial charge in [-0.25, -0.2) is 4.98 Å². The number of hydrogen-bond acceptors (Lipinski definition) is 4. The molecule has 1 aliphatic rings. The van der Waals surface area contributed by atoms with Crippen LogP contribution in [0.3, 0.4) is 0 Å². The lowest BCUT2D eigenvalue weighted by atomic mass is 10.1. The topological polar surface area (TPSA) is 94.5 Å². The van der Waals surface area contributed by atoms with Crippen molar-refractivity contribution in [1.29, 1.82) is 5.26 Å². The van der Waals surface area contributed by atoms with Crippen molar-refractivity contribution in [2.24, 2.45) is 5.92 Å². The van der Waals surface area contributed by atoms with Gasteiger partial charge in [0.1, 0.15) is 5.82 Å². The molecule has 1 heterocycles. The predicted octanol–water partition coefficient (Wildman–Crippen LogP) is 1.35. The van der Waals surface area contributed by atoms with Crippen molar-refractivity contribution in [1.82, 2.24) is 20.5 Å². The van der Waals surface area contributed by atoms with Crippen LogP contribution in [0.4, 0.5) is 0 Å². The van der Waals surface area contributed by atoms with Crippen molar-refractivity contribution in [2.45, 2.75) is 45.1 Å². The van der Waals surface area contributed by atoms with Gasteiger partial charge in [0.05, 0.1) is 12.0 Å². The Hall–Kier alpha value is -1.90. The molecule has 1 aromatic heterocycles. The summed E-state index contributed by atoms with van der Waals surface area (Å²) < 4.78 is 0. The van der Waals surface area contributed by atoms with E-state index in [-0.39, 0.29) is 29.6 Å². The van der Waals surface area contributed by atoms with E-state index < -0.39 is 0 Å². The number of carbonyl (C=O) groups is 1. The highest BCUT2D eigenvalue weighted by atomic mass is 16.2. The van der Waals surface area contributed by atoms with E-state index in [0.717, 1.165) is 19.3 Å². The molecule has 0 aromatic carbocycles. The first-order chi connectivity index (χ1) is 8.61. The van der Waals surface area contributed by atoms with Gasteiger partial charge >= 0.3 is 0 Å². The fraction of sp³-hybridized carbons (Fsp3) is 0.667. The fourth-order valence-electron chi connectivity index (χ4n) is 2.15. The van der Waals surface area contributed by atoms with E-state index in [4.69, 9.17) is 5.26 Å². The van der Waals surface area contributed by atoms with E-state index in [1.165, 1.54) is 0 Å². The lowest BCUT2D eigenvalue weighted by molar-refractivity contribution is 0.0922. The Morgan fingerprint density at radius 1 is 1.56 bits per heavy atom. The van der Waals surface area contributed by atoms with Gasteiger partial charge in [-0.05, 0) is 19.3 Å². The molecule has 1 saturated carbocycles. The van der Waals surface area contributed by atoms with Crippen molar-refractivity contribution < 1.29 is 4.79 Å². The van der Waals surface area contributed by atoms with Gasteiger partial charge in [-0.2, -0.15) is 5.26 Å². The molecule has 18 heavy (non-hydrogen) atoms. The summed E-state index contributed by atoms with van der Waals surface area (Å²) in [5, 5.41) is 18.4. The number of nitrogens with one attached hydrogen (secondary N) is 2. The van der Waals surface area contributed by atoms with Gasteiger partial charge in [-0.3, -0.25) is 9.89 Å². The fourth-order valence-corrected chi connectivity index (χ4v) is 2.15. The molecular formula is C12H17N5O. The number of nitriles is 1. The number of rotatable bonds is 3. The van der Waals surface area contributed by atoms with Crippen LogP contribution in [-0.4, -0.2) is 27.1 Å². The number of aromatic nitrogens is 3. The maximum atomic E-state index is 11.9. The Morgan fingerprint density at radius 3 is 2.94 bits per heavy atom. The average molecular weight is 247 g/mol. The second-order valence-electron chi connectivity index (χ2n) is 4.95. The first kappa shape index (κ1) is 12.6. The SMILES string of the molecule is CC(C)c1nc(C(=O)NC2CCCC2C#N)n[nH]1. The summed E-state index contributed by atoms with van der Waals surface area (Å²) in [4.78, 5) is 16.1. The molecule has 2 unspecified atom stereocenters. The molecule has 6 nitrogen and oxygen atoms in total. The van der Waals surface area contributed by atoms with E-state index >= 15 is 0 Å². The average Bonchev–Trinajstić information content (AvgIpc) is 2.96. The van der Waals surface area contributed by atoms with E-state index in [2.05, 4.69) is 26.6 Å². The summed E-state index contributed by atoms with van der Waals surface area (Å²) in [6.07, 6.45) is 2.69. The molecule has 96 valence electrons. The van der Waals surface area contributed by atoms with Crippen LogP contribution in [0, 0.1) is 17.2 Å². The Labute approximate surface area is 106 Å². The summed E-state index contributed by atoms with van der Waals surface area (Å²) in [7, 11) is 0. The number of hydrogen-bond donors (Lipinski definition) is 2. The minimum Gasteiger partial charge on any atom is -0.345 e. The van der Waals surface area contributed by atoms with Crippen LogP contribution in [0.5, 0.6) is 0 Å². The molecule has 1 aliphatic carbocycles.